The van der Waals surface area contributed by atoms with E-state index in [2.05, 4.69) is 147 Å². The van der Waals surface area contributed by atoms with E-state index in [1.54, 1.807) is 0 Å². The highest BCUT2D eigenvalue weighted by Gasteiger charge is 2.36. The molecule has 59 heavy (non-hydrogen) atoms. The largest absolute Gasteiger partial charge is 0.248 e. The van der Waals surface area contributed by atoms with E-state index in [9.17, 15) is 0 Å². The van der Waals surface area contributed by atoms with Gasteiger partial charge in [0.25, 0.3) is 0 Å². The highest BCUT2D eigenvalue weighted by Crippen LogP contribution is 2.51. The second kappa shape index (κ2) is 13.8. The molecule has 0 saturated heterocycles. The number of hydrogen-bond donors (Lipinski definition) is 0. The third-order valence-corrected chi connectivity index (χ3v) is 11.9. The Balaban J connectivity index is 1.09. The van der Waals surface area contributed by atoms with Crippen LogP contribution in [0.2, 0.25) is 0 Å². The van der Waals surface area contributed by atoms with Crippen LogP contribution in [0.3, 0.4) is 0 Å². The van der Waals surface area contributed by atoms with Gasteiger partial charge < -0.3 is 0 Å². The molecule has 0 fully saturated rings. The first-order valence-corrected chi connectivity index (χ1v) is 20.1. The summed E-state index contributed by atoms with van der Waals surface area (Å²) in [5.74, 6) is 1.92. The normalized spacial score (nSPS) is 12.7. The summed E-state index contributed by atoms with van der Waals surface area (Å²) in [6.45, 7) is 4.66. The first kappa shape index (κ1) is 34.7. The monoisotopic (exact) mass is 754 g/mol. The van der Waals surface area contributed by atoms with Crippen LogP contribution in [0, 0.1) is 0 Å². The molecule has 0 amide bonds. The molecule has 0 unspecified atom stereocenters. The maximum absolute atomic E-state index is 5.36. The molecule has 2 aromatic heterocycles. The van der Waals surface area contributed by atoms with Crippen molar-refractivity contribution < 1.29 is 0 Å². The van der Waals surface area contributed by atoms with Crippen molar-refractivity contribution in [1.82, 2.24) is 19.9 Å². The van der Waals surface area contributed by atoms with E-state index in [0.717, 1.165) is 50.0 Å². The summed E-state index contributed by atoms with van der Waals surface area (Å²) in [4.78, 5) is 20.3. The maximum atomic E-state index is 5.36. The summed E-state index contributed by atoms with van der Waals surface area (Å²) in [6, 6.07) is 68.5. The Bertz CT molecular complexity index is 3170. The Kier molecular flexibility index (Phi) is 8.12. The lowest BCUT2D eigenvalue weighted by Gasteiger charge is -2.22. The van der Waals surface area contributed by atoms with Gasteiger partial charge in [0.15, 0.2) is 17.5 Å². The molecule has 0 atom stereocenters. The Hall–Kier alpha value is -7.56. The van der Waals surface area contributed by atoms with E-state index in [1.807, 2.05) is 60.7 Å². The molecule has 0 aliphatic heterocycles. The molecule has 8 aromatic carbocycles. The van der Waals surface area contributed by atoms with Crippen molar-refractivity contribution in [3.63, 3.8) is 0 Å². The minimum absolute atomic E-state index is 0.124. The van der Waals surface area contributed by atoms with Gasteiger partial charge >= 0.3 is 0 Å². The predicted molar refractivity (Wildman–Crippen MR) is 243 cm³/mol. The summed E-state index contributed by atoms with van der Waals surface area (Å²) in [5, 5.41) is 3.50. The first-order valence-electron chi connectivity index (χ1n) is 20.1. The lowest BCUT2D eigenvalue weighted by atomic mass is 9.82. The third kappa shape index (κ3) is 5.92. The highest BCUT2D eigenvalue weighted by atomic mass is 15.0. The van der Waals surface area contributed by atoms with Crippen LogP contribution in [0.25, 0.3) is 100 Å². The lowest BCUT2D eigenvalue weighted by Crippen LogP contribution is -2.14. The van der Waals surface area contributed by atoms with Gasteiger partial charge in [-0.1, -0.05) is 184 Å². The van der Waals surface area contributed by atoms with Gasteiger partial charge in [-0.05, 0) is 79.5 Å². The van der Waals surface area contributed by atoms with E-state index in [-0.39, 0.29) is 5.41 Å². The van der Waals surface area contributed by atoms with Crippen LogP contribution in [0.15, 0.2) is 194 Å². The van der Waals surface area contributed by atoms with Crippen LogP contribution >= 0.6 is 0 Å². The molecule has 0 spiro atoms. The second-order valence-corrected chi connectivity index (χ2v) is 15.8. The molecular weight excluding hydrogens is 717 g/mol. The Morgan fingerprint density at radius 2 is 0.831 bits per heavy atom. The summed E-state index contributed by atoms with van der Waals surface area (Å²) < 4.78 is 0. The molecule has 2 heterocycles. The van der Waals surface area contributed by atoms with E-state index >= 15 is 0 Å². The van der Waals surface area contributed by atoms with Gasteiger partial charge in [0.05, 0.1) is 11.2 Å². The SMILES string of the molecule is CC1(C)c2ccccc2-c2cc3c(-c4ccc(-c5cccc(-c6nc(-c7ccccc7)nc(-c7ccccc7)n6)c5)c5ccccc45)cc(-c4ccccc4)nc3cc21. The smallest absolute Gasteiger partial charge is 0.164 e. The number of pyridine rings is 1. The average molecular weight is 755 g/mol. The molecule has 0 saturated carbocycles. The van der Waals surface area contributed by atoms with Crippen molar-refractivity contribution in [2.45, 2.75) is 19.3 Å². The Morgan fingerprint density at radius 3 is 1.51 bits per heavy atom. The Morgan fingerprint density at radius 1 is 0.305 bits per heavy atom. The van der Waals surface area contributed by atoms with Crippen molar-refractivity contribution in [1.29, 1.82) is 0 Å². The van der Waals surface area contributed by atoms with Crippen LogP contribution in [-0.4, -0.2) is 19.9 Å². The maximum Gasteiger partial charge on any atom is 0.164 e. The van der Waals surface area contributed by atoms with Crippen LogP contribution in [0.1, 0.15) is 25.0 Å². The average Bonchev–Trinajstić information content (AvgIpc) is 3.53. The van der Waals surface area contributed by atoms with Crippen molar-refractivity contribution >= 4 is 21.7 Å². The number of hydrogen-bond acceptors (Lipinski definition) is 4. The zero-order chi connectivity index (χ0) is 39.5. The second-order valence-electron chi connectivity index (χ2n) is 15.8. The van der Waals surface area contributed by atoms with Crippen LogP contribution in [-0.2, 0) is 5.41 Å². The fourth-order valence-corrected chi connectivity index (χ4v) is 8.95. The molecule has 4 nitrogen and oxygen atoms in total. The summed E-state index contributed by atoms with van der Waals surface area (Å²) >= 11 is 0. The molecule has 1 aliphatic rings. The number of benzene rings is 8. The quantitative estimate of drug-likeness (QED) is 0.170. The van der Waals surface area contributed by atoms with Crippen molar-refractivity contribution in [2.75, 3.05) is 0 Å². The topological polar surface area (TPSA) is 51.6 Å². The van der Waals surface area contributed by atoms with Crippen molar-refractivity contribution in [3.8, 4) is 78.8 Å². The molecular formula is C55H38N4. The summed E-state index contributed by atoms with van der Waals surface area (Å²) in [6.07, 6.45) is 0. The van der Waals surface area contributed by atoms with E-state index in [1.165, 1.54) is 44.2 Å². The van der Waals surface area contributed by atoms with E-state index < -0.39 is 0 Å². The molecule has 0 radical (unpaired) electrons. The number of aromatic nitrogens is 4. The van der Waals surface area contributed by atoms with Gasteiger partial charge in [-0.15, -0.1) is 0 Å². The van der Waals surface area contributed by atoms with Crippen molar-refractivity contribution in [2.24, 2.45) is 0 Å². The number of nitrogens with zero attached hydrogens (tertiary/aromatic N) is 4. The number of rotatable bonds is 6. The van der Waals surface area contributed by atoms with Gasteiger partial charge in [0, 0.05) is 33.1 Å². The number of fused-ring (bicyclic) bond motifs is 5. The van der Waals surface area contributed by atoms with Gasteiger partial charge in [0.2, 0.25) is 0 Å². The molecule has 11 rings (SSSR count). The highest BCUT2D eigenvalue weighted by molar-refractivity contribution is 6.11. The summed E-state index contributed by atoms with van der Waals surface area (Å²) in [5.41, 5.74) is 15.6. The van der Waals surface area contributed by atoms with Crippen LogP contribution < -0.4 is 0 Å². The fraction of sp³-hybridized carbons (Fsp3) is 0.0545. The molecule has 1 aliphatic carbocycles. The van der Waals surface area contributed by atoms with Gasteiger partial charge in [0.1, 0.15) is 0 Å². The third-order valence-electron chi connectivity index (χ3n) is 11.9. The van der Waals surface area contributed by atoms with Crippen molar-refractivity contribution in [3.05, 3.63) is 205 Å². The van der Waals surface area contributed by atoms with Gasteiger partial charge in [-0.2, -0.15) is 0 Å². The first-order chi connectivity index (χ1) is 29.0. The molecule has 4 heteroatoms. The predicted octanol–water partition coefficient (Wildman–Crippen LogP) is 13.9. The molecule has 10 aromatic rings. The van der Waals surface area contributed by atoms with Crippen LogP contribution in [0.4, 0.5) is 0 Å². The Labute approximate surface area is 343 Å². The van der Waals surface area contributed by atoms with E-state index in [0.29, 0.717) is 17.5 Å². The zero-order valence-corrected chi connectivity index (χ0v) is 32.8. The van der Waals surface area contributed by atoms with Gasteiger partial charge in [-0.25, -0.2) is 19.9 Å². The van der Waals surface area contributed by atoms with Gasteiger partial charge in [-0.3, -0.25) is 0 Å². The molecule has 0 N–H and O–H groups in total. The lowest BCUT2D eigenvalue weighted by molar-refractivity contribution is 0.661. The zero-order valence-electron chi connectivity index (χ0n) is 32.8. The van der Waals surface area contributed by atoms with E-state index in [4.69, 9.17) is 19.9 Å². The minimum Gasteiger partial charge on any atom is -0.248 e. The minimum atomic E-state index is -0.124. The standard InChI is InChI=1S/C55H38N4/c1-55(2)48-28-15-14-27-44(48)46-32-47-45(33-50(35-17-6-3-7-18-35)56-51(47)34-49(46)55)43-30-29-40(41-25-12-13-26-42(41)43)38-23-16-24-39(31-38)54-58-52(36-19-8-4-9-20-36)57-53(59-54)37-21-10-5-11-22-37/h3-34H,1-2H3. The summed E-state index contributed by atoms with van der Waals surface area (Å²) in [7, 11) is 0. The fourth-order valence-electron chi connectivity index (χ4n) is 8.95. The van der Waals surface area contributed by atoms with Crippen LogP contribution in [0.5, 0.6) is 0 Å². The molecule has 0 bridgehead atoms. The molecule has 278 valence electrons.